The molecule has 1 heterocycles. The molecule has 2 N–H and O–H groups in total. The van der Waals surface area contributed by atoms with Crippen molar-refractivity contribution in [2.75, 3.05) is 5.32 Å². The zero-order valence-corrected chi connectivity index (χ0v) is 13.0. The normalized spacial score (nSPS) is 10.6. The minimum Gasteiger partial charge on any atom is -0.478 e. The fourth-order valence-electron chi connectivity index (χ4n) is 2.48. The highest BCUT2D eigenvalue weighted by Gasteiger charge is 2.10. The van der Waals surface area contributed by atoms with Crippen molar-refractivity contribution in [2.45, 2.75) is 13.5 Å². The van der Waals surface area contributed by atoms with Crippen molar-refractivity contribution in [3.8, 4) is 11.3 Å². The number of carboxylic acids is 1. The summed E-state index contributed by atoms with van der Waals surface area (Å²) >= 11 is 0. The summed E-state index contributed by atoms with van der Waals surface area (Å²) in [5, 5.41) is 12.3. The minimum absolute atomic E-state index is 0.270. The van der Waals surface area contributed by atoms with Crippen molar-refractivity contribution in [3.63, 3.8) is 0 Å². The van der Waals surface area contributed by atoms with Crippen LogP contribution in [-0.4, -0.2) is 11.1 Å². The molecule has 0 bridgehead atoms. The topological polar surface area (TPSA) is 62.5 Å². The molecular weight excluding hydrogens is 309 g/mol. The van der Waals surface area contributed by atoms with Crippen LogP contribution in [0.2, 0.25) is 0 Å². The third kappa shape index (κ3) is 3.30. The van der Waals surface area contributed by atoms with Crippen molar-refractivity contribution in [3.05, 3.63) is 77.3 Å². The van der Waals surface area contributed by atoms with E-state index in [1.165, 1.54) is 12.1 Å². The molecule has 24 heavy (non-hydrogen) atoms. The van der Waals surface area contributed by atoms with E-state index in [1.54, 1.807) is 31.2 Å². The molecule has 3 rings (SSSR count). The number of halogens is 1. The number of carboxylic acid groups (broad SMARTS) is 1. The molecule has 0 aliphatic heterocycles. The van der Waals surface area contributed by atoms with Crippen molar-refractivity contribution in [1.82, 2.24) is 0 Å². The molecule has 2 aromatic carbocycles. The van der Waals surface area contributed by atoms with Gasteiger partial charge in [-0.1, -0.05) is 6.07 Å². The first-order chi connectivity index (χ1) is 11.5. The van der Waals surface area contributed by atoms with E-state index in [9.17, 15) is 9.18 Å². The van der Waals surface area contributed by atoms with E-state index in [1.807, 2.05) is 18.2 Å². The molecule has 0 spiro atoms. The predicted octanol–water partition coefficient (Wildman–Crippen LogP) is 4.70. The lowest BCUT2D eigenvalue weighted by atomic mass is 10.1. The van der Waals surface area contributed by atoms with E-state index in [0.717, 1.165) is 11.3 Å². The van der Waals surface area contributed by atoms with Gasteiger partial charge in [-0.3, -0.25) is 0 Å². The van der Waals surface area contributed by atoms with Gasteiger partial charge in [0.15, 0.2) is 0 Å². The fourth-order valence-corrected chi connectivity index (χ4v) is 2.48. The Morgan fingerprint density at radius 3 is 2.58 bits per heavy atom. The molecule has 0 saturated carbocycles. The average Bonchev–Trinajstić information content (AvgIpc) is 3.03. The van der Waals surface area contributed by atoms with Crippen molar-refractivity contribution in [1.29, 1.82) is 0 Å². The number of benzene rings is 2. The largest absolute Gasteiger partial charge is 0.478 e. The van der Waals surface area contributed by atoms with Crippen LogP contribution in [-0.2, 0) is 6.54 Å². The van der Waals surface area contributed by atoms with Gasteiger partial charge in [-0.05, 0) is 61.0 Å². The van der Waals surface area contributed by atoms with E-state index >= 15 is 0 Å². The number of rotatable bonds is 5. The van der Waals surface area contributed by atoms with Gasteiger partial charge < -0.3 is 14.8 Å². The molecule has 122 valence electrons. The van der Waals surface area contributed by atoms with Gasteiger partial charge in [0.05, 0.1) is 12.1 Å². The second-order valence-electron chi connectivity index (χ2n) is 5.41. The van der Waals surface area contributed by atoms with Crippen molar-refractivity contribution >= 4 is 11.7 Å². The van der Waals surface area contributed by atoms with Crippen LogP contribution >= 0.6 is 0 Å². The van der Waals surface area contributed by atoms with E-state index < -0.39 is 5.97 Å². The summed E-state index contributed by atoms with van der Waals surface area (Å²) < 4.78 is 18.7. The van der Waals surface area contributed by atoms with Gasteiger partial charge in [0.2, 0.25) is 0 Å². The molecule has 0 aliphatic carbocycles. The second kappa shape index (κ2) is 6.58. The Kier molecular flexibility index (Phi) is 4.33. The molecule has 0 saturated heterocycles. The van der Waals surface area contributed by atoms with E-state index in [0.29, 0.717) is 23.6 Å². The summed E-state index contributed by atoms with van der Waals surface area (Å²) in [4.78, 5) is 11.2. The molecule has 0 atom stereocenters. The van der Waals surface area contributed by atoms with Gasteiger partial charge in [-0.25, -0.2) is 9.18 Å². The standard InChI is InChI=1S/C19H16FNO3/c1-12-16(19(22)23)3-2-4-17(12)21-11-15-9-10-18(24-15)13-5-7-14(20)8-6-13/h2-10,21H,11H2,1H3,(H,22,23). The van der Waals surface area contributed by atoms with Crippen LogP contribution in [0.1, 0.15) is 21.7 Å². The molecule has 0 unspecified atom stereocenters. The summed E-state index contributed by atoms with van der Waals surface area (Å²) in [6, 6.07) is 14.8. The second-order valence-corrected chi connectivity index (χ2v) is 5.41. The van der Waals surface area contributed by atoms with Crippen LogP contribution < -0.4 is 5.32 Å². The molecule has 0 fully saturated rings. The number of aromatic carboxylic acids is 1. The third-order valence-corrected chi connectivity index (χ3v) is 3.81. The van der Waals surface area contributed by atoms with Crippen LogP contribution in [0.25, 0.3) is 11.3 Å². The highest BCUT2D eigenvalue weighted by Crippen LogP contribution is 2.24. The lowest BCUT2D eigenvalue weighted by Crippen LogP contribution is -2.05. The number of furan rings is 1. The molecule has 3 aromatic rings. The van der Waals surface area contributed by atoms with Crippen LogP contribution in [0, 0.1) is 12.7 Å². The molecule has 5 heteroatoms. The Bertz CT molecular complexity index is 869. The quantitative estimate of drug-likeness (QED) is 0.713. The number of carbonyl (C=O) groups is 1. The van der Waals surface area contributed by atoms with Gasteiger partial charge in [0.25, 0.3) is 0 Å². The molecule has 4 nitrogen and oxygen atoms in total. The molecule has 0 aliphatic rings. The minimum atomic E-state index is -0.951. The first-order valence-corrected chi connectivity index (χ1v) is 7.46. The highest BCUT2D eigenvalue weighted by atomic mass is 19.1. The molecular formula is C19H16FNO3. The van der Waals surface area contributed by atoms with Crippen LogP contribution in [0.15, 0.2) is 59.0 Å². The molecule has 1 aromatic heterocycles. The van der Waals surface area contributed by atoms with E-state index in [-0.39, 0.29) is 11.4 Å². The van der Waals surface area contributed by atoms with Gasteiger partial charge in [0, 0.05) is 11.3 Å². The van der Waals surface area contributed by atoms with Crippen molar-refractivity contribution in [2.24, 2.45) is 0 Å². The fraction of sp³-hybridized carbons (Fsp3) is 0.105. The molecule has 0 radical (unpaired) electrons. The lowest BCUT2D eigenvalue weighted by molar-refractivity contribution is 0.0696. The maximum atomic E-state index is 13.0. The van der Waals surface area contributed by atoms with Crippen molar-refractivity contribution < 1.29 is 18.7 Å². The number of hydrogen-bond donors (Lipinski definition) is 2. The van der Waals surface area contributed by atoms with Gasteiger partial charge in [-0.2, -0.15) is 0 Å². The van der Waals surface area contributed by atoms with Gasteiger partial charge >= 0.3 is 5.97 Å². The monoisotopic (exact) mass is 325 g/mol. The third-order valence-electron chi connectivity index (χ3n) is 3.81. The summed E-state index contributed by atoms with van der Waals surface area (Å²) in [5.41, 5.74) is 2.49. The molecule has 0 amide bonds. The first-order valence-electron chi connectivity index (χ1n) is 7.46. The van der Waals surface area contributed by atoms with Crippen LogP contribution in [0.3, 0.4) is 0 Å². The average molecular weight is 325 g/mol. The maximum Gasteiger partial charge on any atom is 0.336 e. The number of nitrogens with one attached hydrogen (secondary N) is 1. The summed E-state index contributed by atoms with van der Waals surface area (Å²) in [7, 11) is 0. The number of anilines is 1. The summed E-state index contributed by atoms with van der Waals surface area (Å²) in [6.07, 6.45) is 0. The lowest BCUT2D eigenvalue weighted by Gasteiger charge is -2.10. The Morgan fingerprint density at radius 1 is 1.12 bits per heavy atom. The Morgan fingerprint density at radius 2 is 1.88 bits per heavy atom. The maximum absolute atomic E-state index is 13.0. The summed E-state index contributed by atoms with van der Waals surface area (Å²) in [5.74, 6) is 0.117. The SMILES string of the molecule is Cc1c(NCc2ccc(-c3ccc(F)cc3)o2)cccc1C(=O)O. The zero-order chi connectivity index (χ0) is 17.1. The zero-order valence-electron chi connectivity index (χ0n) is 13.0. The Balaban J connectivity index is 1.73. The highest BCUT2D eigenvalue weighted by molar-refractivity contribution is 5.91. The van der Waals surface area contributed by atoms with Gasteiger partial charge in [0.1, 0.15) is 17.3 Å². The van der Waals surface area contributed by atoms with Crippen LogP contribution in [0.4, 0.5) is 10.1 Å². The Labute approximate surface area is 138 Å². The first kappa shape index (κ1) is 15.8. The van der Waals surface area contributed by atoms with Crippen LogP contribution in [0.5, 0.6) is 0 Å². The smallest absolute Gasteiger partial charge is 0.336 e. The summed E-state index contributed by atoms with van der Waals surface area (Å²) in [6.45, 7) is 2.18. The van der Waals surface area contributed by atoms with Gasteiger partial charge in [-0.15, -0.1) is 0 Å². The van der Waals surface area contributed by atoms with E-state index in [2.05, 4.69) is 5.32 Å². The predicted molar refractivity (Wildman–Crippen MR) is 89.6 cm³/mol. The number of hydrogen-bond acceptors (Lipinski definition) is 3. The van der Waals surface area contributed by atoms with E-state index in [4.69, 9.17) is 9.52 Å². The Hall–Kier alpha value is -3.08.